The van der Waals surface area contributed by atoms with Gasteiger partial charge in [0.05, 0.1) is 6.42 Å². The molecule has 13 heavy (non-hydrogen) atoms. The molecule has 0 aliphatic heterocycles. The lowest BCUT2D eigenvalue weighted by Gasteiger charge is -1.90. The largest absolute Gasteiger partial charge is 0.481 e. The van der Waals surface area contributed by atoms with Crippen molar-refractivity contribution in [1.29, 1.82) is 0 Å². The molecule has 1 heterocycles. The Morgan fingerprint density at radius 3 is 2.62 bits per heavy atom. The zero-order chi connectivity index (χ0) is 8.27. The van der Waals surface area contributed by atoms with Gasteiger partial charge in [0, 0.05) is 11.9 Å². The van der Waals surface area contributed by atoms with Crippen molar-refractivity contribution in [2.75, 3.05) is 0 Å². The van der Waals surface area contributed by atoms with E-state index in [1.54, 1.807) is 6.20 Å². The summed E-state index contributed by atoms with van der Waals surface area (Å²) in [5.41, 5.74) is 0.880. The van der Waals surface area contributed by atoms with Crippen LogP contribution in [0.5, 0.6) is 0 Å². The Balaban J connectivity index is 0. The second kappa shape index (κ2) is 6.22. The minimum atomic E-state index is -0.780. The van der Waals surface area contributed by atoms with Crippen LogP contribution in [0.1, 0.15) is 32.8 Å². The van der Waals surface area contributed by atoms with Gasteiger partial charge in [0.25, 0.3) is 0 Å². The van der Waals surface area contributed by atoms with Crippen LogP contribution in [-0.4, -0.2) is 21.0 Å². The van der Waals surface area contributed by atoms with Crippen molar-refractivity contribution in [1.82, 2.24) is 9.97 Å². The normalized spacial score (nSPS) is 8.38. The zero-order valence-corrected chi connectivity index (χ0v) is 6.29. The number of aryl methyl sites for hydroxylation is 2. The van der Waals surface area contributed by atoms with Gasteiger partial charge in [-0.3, -0.25) is 4.79 Å². The van der Waals surface area contributed by atoms with E-state index in [0.29, 0.717) is 6.42 Å². The number of nitrogens with one attached hydrogen (secondary N) is 1. The van der Waals surface area contributed by atoms with Crippen LogP contribution in [0.2, 0.25) is 0 Å². The molecule has 0 amide bonds. The smallest absolute Gasteiger partial charge is 0.303 e. The van der Waals surface area contributed by atoms with Crippen molar-refractivity contribution in [2.24, 2.45) is 0 Å². The molecule has 0 unspecified atom stereocenters. The van der Waals surface area contributed by atoms with Gasteiger partial charge in [-0.1, -0.05) is 14.9 Å². The Morgan fingerprint density at radius 2 is 2.23 bits per heavy atom. The lowest BCUT2D eigenvalue weighted by atomic mass is 10.2. The topological polar surface area (TPSA) is 66.0 Å². The molecule has 0 saturated carbocycles. The average Bonchev–Trinajstić information content (AvgIpc) is 2.31. The minimum Gasteiger partial charge on any atom is -0.481 e. The Labute approximate surface area is 79.0 Å². The first-order valence-corrected chi connectivity index (χ1v) is 3.41. The molecule has 0 bridgehead atoms. The zero-order valence-electron chi connectivity index (χ0n) is 6.29. The SMILES string of the molecule is C.C.Cc1ncc(CCC(=O)O)[nH]1. The van der Waals surface area contributed by atoms with Gasteiger partial charge in [-0.2, -0.15) is 0 Å². The number of carbonyl (C=O) groups is 1. The monoisotopic (exact) mass is 186 g/mol. The summed E-state index contributed by atoms with van der Waals surface area (Å²) in [4.78, 5) is 17.0. The van der Waals surface area contributed by atoms with E-state index in [1.165, 1.54) is 0 Å². The number of aliphatic carboxylic acids is 1. The van der Waals surface area contributed by atoms with Gasteiger partial charge < -0.3 is 10.1 Å². The summed E-state index contributed by atoms with van der Waals surface area (Å²) in [6, 6.07) is 0. The molecule has 0 aromatic carbocycles. The van der Waals surface area contributed by atoms with E-state index in [-0.39, 0.29) is 21.3 Å². The Kier molecular flexibility index (Phi) is 6.81. The molecule has 4 heteroatoms. The number of aromatic amines is 1. The Hall–Kier alpha value is -1.32. The third-order valence-corrected chi connectivity index (χ3v) is 1.36. The quantitative estimate of drug-likeness (QED) is 0.758. The molecule has 0 spiro atoms. The van der Waals surface area contributed by atoms with Crippen LogP contribution >= 0.6 is 0 Å². The highest BCUT2D eigenvalue weighted by molar-refractivity contribution is 5.66. The number of hydrogen-bond acceptors (Lipinski definition) is 2. The fourth-order valence-electron chi connectivity index (χ4n) is 0.840. The highest BCUT2D eigenvalue weighted by Crippen LogP contribution is 1.99. The van der Waals surface area contributed by atoms with Crippen LogP contribution in [0, 0.1) is 6.92 Å². The standard InChI is InChI=1S/C7H10N2O2.2CH4/c1-5-8-4-6(9-5)2-3-7(10)11;;/h4H,2-3H2,1H3,(H,8,9)(H,10,11);2*1H4. The third-order valence-electron chi connectivity index (χ3n) is 1.36. The molecule has 0 fully saturated rings. The van der Waals surface area contributed by atoms with E-state index in [9.17, 15) is 4.79 Å². The van der Waals surface area contributed by atoms with Gasteiger partial charge in [-0.15, -0.1) is 0 Å². The number of imidazole rings is 1. The second-order valence-corrected chi connectivity index (χ2v) is 2.39. The first-order valence-electron chi connectivity index (χ1n) is 3.41. The molecule has 76 valence electrons. The predicted octanol–water partition coefficient (Wildman–Crippen LogP) is 2.01. The molecule has 0 aliphatic carbocycles. The third kappa shape index (κ3) is 5.00. The van der Waals surface area contributed by atoms with E-state index in [1.807, 2.05) is 6.92 Å². The van der Waals surface area contributed by atoms with E-state index in [2.05, 4.69) is 9.97 Å². The van der Waals surface area contributed by atoms with E-state index < -0.39 is 5.97 Å². The highest BCUT2D eigenvalue weighted by Gasteiger charge is 2.00. The number of H-pyrrole nitrogens is 1. The number of aromatic nitrogens is 2. The van der Waals surface area contributed by atoms with E-state index in [0.717, 1.165) is 11.5 Å². The fraction of sp³-hybridized carbons (Fsp3) is 0.556. The molecule has 2 N–H and O–H groups in total. The molecule has 4 nitrogen and oxygen atoms in total. The maximum absolute atomic E-state index is 10.1. The van der Waals surface area contributed by atoms with Crippen LogP contribution < -0.4 is 0 Å². The maximum atomic E-state index is 10.1. The van der Waals surface area contributed by atoms with Gasteiger partial charge in [-0.05, 0) is 13.3 Å². The predicted molar refractivity (Wildman–Crippen MR) is 52.7 cm³/mol. The fourth-order valence-corrected chi connectivity index (χ4v) is 0.840. The van der Waals surface area contributed by atoms with Gasteiger partial charge in [0.15, 0.2) is 0 Å². The maximum Gasteiger partial charge on any atom is 0.303 e. The van der Waals surface area contributed by atoms with Gasteiger partial charge in [0.2, 0.25) is 0 Å². The molecule has 1 rings (SSSR count). The lowest BCUT2D eigenvalue weighted by Crippen LogP contribution is -1.97. The number of carboxylic acids is 1. The van der Waals surface area contributed by atoms with Crippen LogP contribution in [-0.2, 0) is 11.2 Å². The van der Waals surface area contributed by atoms with E-state index >= 15 is 0 Å². The first kappa shape index (κ1) is 14.2. The van der Waals surface area contributed by atoms with Crippen LogP contribution in [0.25, 0.3) is 0 Å². The second-order valence-electron chi connectivity index (χ2n) is 2.39. The number of carboxylic acid groups (broad SMARTS) is 1. The Bertz CT molecular complexity index is 256. The molecular weight excluding hydrogens is 168 g/mol. The molecule has 0 aliphatic rings. The summed E-state index contributed by atoms with van der Waals surface area (Å²) >= 11 is 0. The van der Waals surface area contributed by atoms with Crippen molar-refractivity contribution in [3.05, 3.63) is 17.7 Å². The average molecular weight is 186 g/mol. The van der Waals surface area contributed by atoms with Gasteiger partial charge in [0.1, 0.15) is 5.82 Å². The number of nitrogens with zero attached hydrogens (tertiary/aromatic N) is 1. The van der Waals surface area contributed by atoms with Gasteiger partial charge in [-0.25, -0.2) is 4.98 Å². The van der Waals surface area contributed by atoms with E-state index in [4.69, 9.17) is 5.11 Å². The minimum absolute atomic E-state index is 0. The summed E-state index contributed by atoms with van der Waals surface area (Å²) in [7, 11) is 0. The molecule has 1 aromatic rings. The van der Waals surface area contributed by atoms with Crippen molar-refractivity contribution < 1.29 is 9.90 Å². The summed E-state index contributed by atoms with van der Waals surface area (Å²) in [6.07, 6.45) is 2.34. The number of hydrogen-bond donors (Lipinski definition) is 2. The van der Waals surface area contributed by atoms with Crippen LogP contribution in [0.15, 0.2) is 6.20 Å². The lowest BCUT2D eigenvalue weighted by molar-refractivity contribution is -0.136. The summed E-state index contributed by atoms with van der Waals surface area (Å²) in [5, 5.41) is 8.35. The van der Waals surface area contributed by atoms with Gasteiger partial charge >= 0.3 is 5.97 Å². The molecule has 0 saturated heterocycles. The van der Waals surface area contributed by atoms with Crippen LogP contribution in [0.4, 0.5) is 0 Å². The summed E-state index contributed by atoms with van der Waals surface area (Å²) in [6.45, 7) is 1.84. The summed E-state index contributed by atoms with van der Waals surface area (Å²) < 4.78 is 0. The van der Waals surface area contributed by atoms with Crippen molar-refractivity contribution in [3.8, 4) is 0 Å². The summed E-state index contributed by atoms with van der Waals surface area (Å²) in [5.74, 6) is 0.0441. The molecule has 0 radical (unpaired) electrons. The first-order chi connectivity index (χ1) is 5.18. The highest BCUT2D eigenvalue weighted by atomic mass is 16.4. The van der Waals surface area contributed by atoms with Crippen molar-refractivity contribution >= 4 is 5.97 Å². The number of rotatable bonds is 3. The molecule has 0 atom stereocenters. The molecule has 1 aromatic heterocycles. The Morgan fingerprint density at radius 1 is 1.62 bits per heavy atom. The van der Waals surface area contributed by atoms with Crippen molar-refractivity contribution in [3.63, 3.8) is 0 Å². The molecular formula is C9H18N2O2. The van der Waals surface area contributed by atoms with Crippen LogP contribution in [0.3, 0.4) is 0 Å². The van der Waals surface area contributed by atoms with Crippen molar-refractivity contribution in [2.45, 2.75) is 34.6 Å².